The molecule has 0 spiro atoms. The normalized spacial score (nSPS) is 17.4. The van der Waals surface area contributed by atoms with E-state index in [9.17, 15) is 9.59 Å². The molecule has 0 aliphatic carbocycles. The molecule has 1 atom stereocenters. The molecule has 2 aromatic heterocycles. The van der Waals surface area contributed by atoms with Gasteiger partial charge in [0, 0.05) is 25.5 Å². The second-order valence-electron chi connectivity index (χ2n) is 5.93. The lowest BCUT2D eigenvalue weighted by Crippen LogP contribution is -2.19. The highest BCUT2D eigenvalue weighted by atomic mass is 16.5. The van der Waals surface area contributed by atoms with Gasteiger partial charge in [-0.2, -0.15) is 0 Å². The maximum Gasteiger partial charge on any atom is 0.314 e. The molecule has 5 heteroatoms. The number of carbonyl (C=O) groups is 2. The van der Waals surface area contributed by atoms with Gasteiger partial charge >= 0.3 is 5.97 Å². The van der Waals surface area contributed by atoms with Gasteiger partial charge in [-0.05, 0) is 44.0 Å². The van der Waals surface area contributed by atoms with E-state index in [0.717, 1.165) is 31.5 Å². The number of aryl methyl sites for hydroxylation is 1. The number of nitrogens with zero attached hydrogens (tertiary/aromatic N) is 2. The van der Waals surface area contributed by atoms with E-state index in [1.54, 1.807) is 0 Å². The highest BCUT2D eigenvalue weighted by Gasteiger charge is 2.29. The van der Waals surface area contributed by atoms with Crippen molar-refractivity contribution in [1.82, 2.24) is 9.13 Å². The topological polar surface area (TPSA) is 53.2 Å². The largest absolute Gasteiger partial charge is 0.465 e. The van der Waals surface area contributed by atoms with Crippen molar-refractivity contribution in [3.05, 3.63) is 47.5 Å². The van der Waals surface area contributed by atoms with Crippen LogP contribution in [-0.2, 0) is 23.1 Å². The van der Waals surface area contributed by atoms with Gasteiger partial charge < -0.3 is 13.9 Å². The Kier molecular flexibility index (Phi) is 4.37. The average Bonchev–Trinajstić information content (AvgIpc) is 3.08. The molecular weight excluding hydrogens is 292 g/mol. The number of hydrogen-bond acceptors (Lipinski definition) is 3. The number of aromatic nitrogens is 2. The molecule has 3 heterocycles. The summed E-state index contributed by atoms with van der Waals surface area (Å²) in [6, 6.07) is 7.42. The first kappa shape index (κ1) is 15.6. The summed E-state index contributed by atoms with van der Waals surface area (Å²) in [5.74, 6) is -0.465. The van der Waals surface area contributed by atoms with Gasteiger partial charge in [0.2, 0.25) is 5.78 Å². The molecule has 1 aliphatic rings. The summed E-state index contributed by atoms with van der Waals surface area (Å²) in [5.41, 5.74) is 2.21. The molecule has 5 nitrogen and oxygen atoms in total. The Balaban J connectivity index is 1.98. The van der Waals surface area contributed by atoms with Gasteiger partial charge in [0.25, 0.3) is 0 Å². The van der Waals surface area contributed by atoms with Crippen LogP contribution < -0.4 is 0 Å². The fraction of sp³-hybridized carbons (Fsp3) is 0.444. The second-order valence-corrected chi connectivity index (χ2v) is 5.93. The van der Waals surface area contributed by atoms with Crippen molar-refractivity contribution in [2.75, 3.05) is 6.61 Å². The van der Waals surface area contributed by atoms with Crippen molar-refractivity contribution in [2.45, 2.75) is 38.6 Å². The SMILES string of the molecule is CCOC(=O)C1CCCCn2c(C(=O)c3cccn3C)ccc21. The highest BCUT2D eigenvalue weighted by molar-refractivity contribution is 6.07. The van der Waals surface area contributed by atoms with Gasteiger partial charge in [0.15, 0.2) is 0 Å². The Morgan fingerprint density at radius 1 is 1.22 bits per heavy atom. The Labute approximate surface area is 135 Å². The zero-order valence-corrected chi connectivity index (χ0v) is 13.6. The molecule has 0 fully saturated rings. The Bertz CT molecular complexity index is 726. The average molecular weight is 314 g/mol. The van der Waals surface area contributed by atoms with Gasteiger partial charge in [-0.3, -0.25) is 9.59 Å². The van der Waals surface area contributed by atoms with Gasteiger partial charge in [-0.15, -0.1) is 0 Å². The number of ether oxygens (including phenoxy) is 1. The molecule has 0 N–H and O–H groups in total. The van der Waals surface area contributed by atoms with Crippen molar-refractivity contribution in [3.63, 3.8) is 0 Å². The fourth-order valence-corrected chi connectivity index (χ4v) is 3.31. The van der Waals surface area contributed by atoms with Crippen LogP contribution in [0.5, 0.6) is 0 Å². The van der Waals surface area contributed by atoms with Crippen LogP contribution >= 0.6 is 0 Å². The standard InChI is InChI=1S/C18H22N2O3/c1-3-23-18(22)13-7-4-5-12-20-14(13)9-10-16(20)17(21)15-8-6-11-19(15)2/h6,8-11,13H,3-5,7,12H2,1-2H3. The van der Waals surface area contributed by atoms with E-state index in [1.165, 1.54) is 0 Å². The molecule has 0 bridgehead atoms. The zero-order valence-electron chi connectivity index (χ0n) is 13.6. The van der Waals surface area contributed by atoms with E-state index in [2.05, 4.69) is 0 Å². The van der Waals surface area contributed by atoms with Crippen LogP contribution in [0.4, 0.5) is 0 Å². The lowest BCUT2D eigenvalue weighted by Gasteiger charge is -2.16. The van der Waals surface area contributed by atoms with Crippen LogP contribution in [0.1, 0.15) is 54.0 Å². The number of esters is 1. The summed E-state index contributed by atoms with van der Waals surface area (Å²) >= 11 is 0. The van der Waals surface area contributed by atoms with Crippen LogP contribution in [0.3, 0.4) is 0 Å². The first-order valence-electron chi connectivity index (χ1n) is 8.15. The molecule has 0 saturated carbocycles. The molecule has 1 unspecified atom stereocenters. The van der Waals surface area contributed by atoms with E-state index in [-0.39, 0.29) is 17.7 Å². The number of hydrogen-bond donors (Lipinski definition) is 0. The molecule has 0 amide bonds. The lowest BCUT2D eigenvalue weighted by molar-refractivity contribution is -0.145. The Morgan fingerprint density at radius 3 is 2.74 bits per heavy atom. The predicted octanol–water partition coefficient (Wildman–Crippen LogP) is 2.89. The van der Waals surface area contributed by atoms with Crippen LogP contribution in [0.25, 0.3) is 0 Å². The van der Waals surface area contributed by atoms with Crippen LogP contribution in [-0.4, -0.2) is 27.5 Å². The zero-order chi connectivity index (χ0) is 16.4. The van der Waals surface area contributed by atoms with Crippen molar-refractivity contribution in [2.24, 2.45) is 7.05 Å². The van der Waals surface area contributed by atoms with Crippen molar-refractivity contribution < 1.29 is 14.3 Å². The fourth-order valence-electron chi connectivity index (χ4n) is 3.31. The smallest absolute Gasteiger partial charge is 0.314 e. The summed E-state index contributed by atoms with van der Waals surface area (Å²) in [7, 11) is 1.86. The molecule has 0 aromatic carbocycles. The first-order valence-corrected chi connectivity index (χ1v) is 8.15. The minimum atomic E-state index is -0.271. The molecule has 1 aliphatic heterocycles. The van der Waals surface area contributed by atoms with E-state index in [1.807, 2.05) is 53.6 Å². The van der Waals surface area contributed by atoms with Gasteiger partial charge in [-0.25, -0.2) is 0 Å². The van der Waals surface area contributed by atoms with Gasteiger partial charge in [-0.1, -0.05) is 6.42 Å². The molecule has 3 rings (SSSR count). The molecule has 0 saturated heterocycles. The highest BCUT2D eigenvalue weighted by Crippen LogP contribution is 2.30. The van der Waals surface area contributed by atoms with E-state index < -0.39 is 0 Å². The Morgan fingerprint density at radius 2 is 2.04 bits per heavy atom. The summed E-state index contributed by atoms with van der Waals surface area (Å²) in [6.07, 6.45) is 4.56. The van der Waals surface area contributed by atoms with Crippen LogP contribution in [0.2, 0.25) is 0 Å². The maximum absolute atomic E-state index is 12.8. The summed E-state index contributed by atoms with van der Waals surface area (Å²) in [4.78, 5) is 25.1. The van der Waals surface area contributed by atoms with Crippen LogP contribution in [0.15, 0.2) is 30.5 Å². The third kappa shape index (κ3) is 2.83. The number of carbonyl (C=O) groups excluding carboxylic acids is 2. The van der Waals surface area contributed by atoms with Crippen molar-refractivity contribution >= 4 is 11.8 Å². The second kappa shape index (κ2) is 6.44. The van der Waals surface area contributed by atoms with E-state index in [4.69, 9.17) is 4.74 Å². The van der Waals surface area contributed by atoms with Crippen LogP contribution in [0, 0.1) is 0 Å². The first-order chi connectivity index (χ1) is 11.1. The molecule has 122 valence electrons. The Hall–Kier alpha value is -2.30. The quantitative estimate of drug-likeness (QED) is 0.644. The minimum absolute atomic E-state index is 0.00624. The lowest BCUT2D eigenvalue weighted by atomic mass is 10.00. The third-order valence-corrected chi connectivity index (χ3v) is 4.48. The van der Waals surface area contributed by atoms with Crippen molar-refractivity contribution in [3.8, 4) is 0 Å². The minimum Gasteiger partial charge on any atom is -0.465 e. The van der Waals surface area contributed by atoms with Gasteiger partial charge in [0.05, 0.1) is 23.9 Å². The summed E-state index contributed by atoms with van der Waals surface area (Å²) in [5, 5.41) is 0. The number of ketones is 1. The number of fused-ring (bicyclic) bond motifs is 1. The van der Waals surface area contributed by atoms with Crippen molar-refractivity contribution in [1.29, 1.82) is 0 Å². The monoisotopic (exact) mass is 314 g/mol. The predicted molar refractivity (Wildman–Crippen MR) is 86.5 cm³/mol. The molecule has 0 radical (unpaired) electrons. The summed E-state index contributed by atoms with van der Waals surface area (Å²) < 4.78 is 9.04. The maximum atomic E-state index is 12.8. The van der Waals surface area contributed by atoms with E-state index >= 15 is 0 Å². The van der Waals surface area contributed by atoms with Gasteiger partial charge in [0.1, 0.15) is 0 Å². The molecular formula is C18H22N2O3. The molecule has 2 aromatic rings. The number of rotatable bonds is 4. The summed E-state index contributed by atoms with van der Waals surface area (Å²) in [6.45, 7) is 2.97. The molecule has 23 heavy (non-hydrogen) atoms. The third-order valence-electron chi connectivity index (χ3n) is 4.48. The van der Waals surface area contributed by atoms with E-state index in [0.29, 0.717) is 18.0 Å².